The van der Waals surface area contributed by atoms with E-state index in [0.29, 0.717) is 0 Å². The van der Waals surface area contributed by atoms with Gasteiger partial charge in [-0.15, -0.1) is 5.10 Å². The number of rotatable bonds is 10. The van der Waals surface area contributed by atoms with Gasteiger partial charge in [0.15, 0.2) is 5.69 Å². The van der Waals surface area contributed by atoms with E-state index in [2.05, 4.69) is 30.9 Å². The van der Waals surface area contributed by atoms with Gasteiger partial charge in [-0.3, -0.25) is 19.7 Å². The molecule has 0 bridgehead atoms. The molecule has 0 aliphatic carbocycles. The lowest BCUT2D eigenvalue weighted by molar-refractivity contribution is -0.137. The van der Waals surface area contributed by atoms with E-state index in [1.807, 2.05) is 20.8 Å². The highest BCUT2D eigenvalue weighted by Gasteiger charge is 2.30. The van der Waals surface area contributed by atoms with Gasteiger partial charge in [-0.05, 0) is 30.0 Å². The maximum absolute atomic E-state index is 14.6. The summed E-state index contributed by atoms with van der Waals surface area (Å²) in [7, 11) is 0. The van der Waals surface area contributed by atoms with Crippen LogP contribution in [0.4, 0.5) is 28.2 Å². The number of halogens is 4. The van der Waals surface area contributed by atoms with Gasteiger partial charge >= 0.3 is 18.0 Å². The van der Waals surface area contributed by atoms with Crippen molar-refractivity contribution in [2.75, 3.05) is 11.9 Å². The minimum Gasteiger partial charge on any atom is -0.449 e. The number of alkyl halides is 4. The van der Waals surface area contributed by atoms with Gasteiger partial charge in [0.2, 0.25) is 0 Å². The molecule has 40 heavy (non-hydrogen) atoms. The first-order chi connectivity index (χ1) is 18.7. The number of pyridine rings is 1. The monoisotopic (exact) mass is 568 g/mol. The van der Waals surface area contributed by atoms with Gasteiger partial charge < -0.3 is 10.1 Å². The fourth-order valence-corrected chi connectivity index (χ4v) is 3.17. The van der Waals surface area contributed by atoms with E-state index in [-0.39, 0.29) is 55.3 Å². The van der Waals surface area contributed by atoms with E-state index in [1.54, 1.807) is 0 Å². The summed E-state index contributed by atoms with van der Waals surface area (Å²) in [6.45, 7) is 5.28. The van der Waals surface area contributed by atoms with Gasteiger partial charge in [0, 0.05) is 18.9 Å². The summed E-state index contributed by atoms with van der Waals surface area (Å²) in [5.74, 6) is -0.733. The first-order valence-corrected chi connectivity index (χ1v) is 12.1. The zero-order chi connectivity index (χ0) is 29.5. The highest BCUT2D eigenvalue weighted by atomic mass is 19.4. The molecule has 3 aromatic rings. The van der Waals surface area contributed by atoms with Crippen LogP contribution < -0.4 is 16.3 Å². The Bertz CT molecular complexity index is 1380. The van der Waals surface area contributed by atoms with Crippen LogP contribution in [0.15, 0.2) is 41.6 Å². The minimum atomic E-state index is -4.54. The van der Waals surface area contributed by atoms with Gasteiger partial charge in [0.25, 0.3) is 5.91 Å². The zero-order valence-electron chi connectivity index (χ0n) is 21.9. The van der Waals surface area contributed by atoms with Crippen molar-refractivity contribution in [3.05, 3.63) is 64.2 Å². The lowest BCUT2D eigenvalue weighted by atomic mass is 9.99. The quantitative estimate of drug-likeness (QED) is 0.355. The van der Waals surface area contributed by atoms with Crippen molar-refractivity contribution in [3.63, 3.8) is 0 Å². The van der Waals surface area contributed by atoms with E-state index < -0.39 is 35.6 Å². The Morgan fingerprint density at radius 3 is 2.60 bits per heavy atom. The molecule has 3 aromatic heterocycles. The largest absolute Gasteiger partial charge is 0.449 e. The molecule has 12 nitrogen and oxygen atoms in total. The summed E-state index contributed by atoms with van der Waals surface area (Å²) in [6, 6.07) is 3.01. The maximum Gasteiger partial charge on any atom is 0.416 e. The molecule has 16 heteroatoms. The van der Waals surface area contributed by atoms with Crippen molar-refractivity contribution >= 4 is 17.8 Å². The zero-order valence-corrected chi connectivity index (χ0v) is 21.9. The maximum atomic E-state index is 14.6. The van der Waals surface area contributed by atoms with Crippen LogP contribution in [0.25, 0.3) is 0 Å². The van der Waals surface area contributed by atoms with E-state index in [1.165, 1.54) is 23.0 Å². The topological polar surface area (TPSA) is 146 Å². The van der Waals surface area contributed by atoms with Crippen LogP contribution in [0, 0.1) is 5.41 Å². The average molecular weight is 569 g/mol. The van der Waals surface area contributed by atoms with Crippen molar-refractivity contribution < 1.29 is 31.9 Å². The van der Waals surface area contributed by atoms with Gasteiger partial charge in [0.05, 0.1) is 37.2 Å². The van der Waals surface area contributed by atoms with Gasteiger partial charge in [-0.1, -0.05) is 26.0 Å². The standard InChI is InChI=1S/C24H28F4N8O4/c1-23(2,3)14-40-22(39)32-19-6-9-35(21(38)31-19)8-5-16(25)12-36-13-18(33-34-36)20(37)30-11-17-10-15(4-7-29-17)24(26,27)28/h4,6-7,9-10,13,16H,5,8,11-12,14H2,1-3H3,(H,30,37)(H,31,32,38,39). The highest BCUT2D eigenvalue weighted by Crippen LogP contribution is 2.29. The molecule has 0 saturated carbocycles. The van der Waals surface area contributed by atoms with E-state index in [9.17, 15) is 31.9 Å². The molecular formula is C24H28F4N8O4. The van der Waals surface area contributed by atoms with Crippen molar-refractivity contribution in [2.45, 2.75) is 59.2 Å². The molecule has 1 unspecified atom stereocenters. The number of aryl methyl sites for hydroxylation is 1. The second-order valence-electron chi connectivity index (χ2n) is 9.98. The molecule has 2 amide bonds. The highest BCUT2D eigenvalue weighted by molar-refractivity contribution is 5.91. The number of anilines is 1. The first-order valence-electron chi connectivity index (χ1n) is 12.1. The molecule has 0 aromatic carbocycles. The van der Waals surface area contributed by atoms with Crippen LogP contribution in [-0.4, -0.2) is 54.3 Å². The molecule has 3 heterocycles. The second kappa shape index (κ2) is 12.7. The molecule has 216 valence electrons. The van der Waals surface area contributed by atoms with E-state index in [4.69, 9.17) is 4.74 Å². The number of aromatic nitrogens is 6. The molecule has 2 N–H and O–H groups in total. The smallest absolute Gasteiger partial charge is 0.416 e. The SMILES string of the molecule is CC(C)(C)COC(=O)Nc1ccn(CCC(F)Cn2cc(C(=O)NCc3cc(C(F)(F)F)ccn3)nn2)c(=O)n1. The number of hydrogen-bond donors (Lipinski definition) is 2. The van der Waals surface area contributed by atoms with Gasteiger partial charge in [-0.25, -0.2) is 18.7 Å². The fourth-order valence-electron chi connectivity index (χ4n) is 3.17. The van der Waals surface area contributed by atoms with Gasteiger partial charge in [-0.2, -0.15) is 18.2 Å². The summed E-state index contributed by atoms with van der Waals surface area (Å²) in [4.78, 5) is 43.8. The van der Waals surface area contributed by atoms with Crippen LogP contribution in [0.3, 0.4) is 0 Å². The fraction of sp³-hybridized carbons (Fsp3) is 0.458. The Morgan fingerprint density at radius 2 is 1.93 bits per heavy atom. The van der Waals surface area contributed by atoms with Crippen molar-refractivity contribution in [3.8, 4) is 0 Å². The molecule has 0 spiro atoms. The Hall–Kier alpha value is -4.37. The third-order valence-corrected chi connectivity index (χ3v) is 5.15. The van der Waals surface area contributed by atoms with E-state index >= 15 is 0 Å². The number of carbonyl (C=O) groups excluding carboxylic acids is 2. The lowest BCUT2D eigenvalue weighted by Gasteiger charge is -2.17. The lowest BCUT2D eigenvalue weighted by Crippen LogP contribution is -2.27. The molecule has 0 saturated heterocycles. The third-order valence-electron chi connectivity index (χ3n) is 5.15. The predicted molar refractivity (Wildman–Crippen MR) is 133 cm³/mol. The summed E-state index contributed by atoms with van der Waals surface area (Å²) in [6.07, 6.45) is -3.32. The molecule has 0 fully saturated rings. The number of hydrogen-bond acceptors (Lipinski definition) is 8. The normalized spacial score (nSPS) is 12.6. The number of carbonyl (C=O) groups is 2. The molecule has 3 rings (SSSR count). The molecule has 1 atom stereocenters. The van der Waals surface area contributed by atoms with Gasteiger partial charge in [0.1, 0.15) is 12.0 Å². The Balaban J connectivity index is 1.46. The molecule has 0 radical (unpaired) electrons. The van der Waals surface area contributed by atoms with Crippen molar-refractivity contribution in [1.29, 1.82) is 0 Å². The summed E-state index contributed by atoms with van der Waals surface area (Å²) in [5, 5.41) is 12.1. The summed E-state index contributed by atoms with van der Waals surface area (Å²) >= 11 is 0. The van der Waals surface area contributed by atoms with Crippen molar-refractivity contribution in [2.24, 2.45) is 5.41 Å². The first kappa shape index (κ1) is 30.2. The number of amides is 2. The number of ether oxygens (including phenoxy) is 1. The van der Waals surface area contributed by atoms with E-state index in [0.717, 1.165) is 23.0 Å². The second-order valence-corrected chi connectivity index (χ2v) is 9.98. The minimum absolute atomic E-state index is 0.00535. The Morgan fingerprint density at radius 1 is 1.18 bits per heavy atom. The van der Waals surface area contributed by atoms with Crippen molar-refractivity contribution in [1.82, 2.24) is 34.8 Å². The van der Waals surface area contributed by atoms with Crippen LogP contribution in [-0.2, 0) is 30.5 Å². The number of nitrogens with one attached hydrogen (secondary N) is 2. The predicted octanol–water partition coefficient (Wildman–Crippen LogP) is 3.20. The Kier molecular flexibility index (Phi) is 9.55. The van der Waals surface area contributed by atoms with Crippen LogP contribution >= 0.6 is 0 Å². The summed E-state index contributed by atoms with van der Waals surface area (Å²) < 4.78 is 60.3. The number of nitrogens with zero attached hydrogens (tertiary/aromatic N) is 6. The molecule has 0 aliphatic rings. The molecule has 0 aliphatic heterocycles. The van der Waals surface area contributed by atoms with Crippen LogP contribution in [0.5, 0.6) is 0 Å². The third kappa shape index (κ3) is 9.43. The molecular weight excluding hydrogens is 540 g/mol. The Labute approximate surface area is 225 Å². The van der Waals surface area contributed by atoms with Crippen LogP contribution in [0.1, 0.15) is 48.9 Å². The van der Waals surface area contributed by atoms with Crippen LogP contribution in [0.2, 0.25) is 0 Å². The summed E-state index contributed by atoms with van der Waals surface area (Å²) in [5.41, 5.74) is -1.99. The average Bonchev–Trinajstić information content (AvgIpc) is 3.33.